The first-order valence-corrected chi connectivity index (χ1v) is 20.1. The van der Waals surface area contributed by atoms with E-state index in [1.807, 2.05) is 29.6 Å². The van der Waals surface area contributed by atoms with Gasteiger partial charge in [-0.2, -0.15) is 10.2 Å². The molecule has 0 amide bonds. The highest BCUT2D eigenvalue weighted by Crippen LogP contribution is 2.37. The Balaban J connectivity index is 1.08. The van der Waals surface area contributed by atoms with Crippen LogP contribution in [-0.2, 0) is 6.54 Å². The van der Waals surface area contributed by atoms with Gasteiger partial charge in [0.2, 0.25) is 10.3 Å². The van der Waals surface area contributed by atoms with E-state index in [1.54, 1.807) is 22.7 Å². The Morgan fingerprint density at radius 2 is 1.36 bits per heavy atom. The van der Waals surface area contributed by atoms with Gasteiger partial charge in [-0.1, -0.05) is 120 Å². The van der Waals surface area contributed by atoms with E-state index in [0.717, 1.165) is 50.0 Å². The summed E-state index contributed by atoms with van der Waals surface area (Å²) < 4.78 is 2.33. The molecule has 1 aliphatic rings. The standard InChI is InChI=1S/C45H44N6S2/c1-30-19-20-31(2)36(23-30)28-47-51(38-15-9-6-10-16-38)45-49-41-22-21-35(26-43(41)53-45)39-25-32(3)37(24-33(39)4)27-46-50(29-34-13-7-5-8-14-34)44-48-40-17-11-12-18-42(40)52-44/h5,7-8,11-14,17-28,38H,6,9-10,15-16,29H2,1-4H3/b46-27+,47-28+. The molecule has 1 aliphatic carbocycles. The molecule has 6 nitrogen and oxygen atoms in total. The molecular formula is C45H44N6S2. The summed E-state index contributed by atoms with van der Waals surface area (Å²) in [6, 6.07) is 36.9. The molecule has 0 spiro atoms. The Hall–Kier alpha value is -5.18. The first-order valence-electron chi connectivity index (χ1n) is 18.5. The summed E-state index contributed by atoms with van der Waals surface area (Å²) in [4.78, 5) is 10.1. The predicted molar refractivity (Wildman–Crippen MR) is 227 cm³/mol. The van der Waals surface area contributed by atoms with Crippen LogP contribution in [-0.4, -0.2) is 28.4 Å². The molecule has 2 aromatic heterocycles. The second-order valence-corrected chi connectivity index (χ2v) is 16.2. The van der Waals surface area contributed by atoms with E-state index in [4.69, 9.17) is 20.2 Å². The number of thiazole rings is 2. The summed E-state index contributed by atoms with van der Waals surface area (Å²) in [5.74, 6) is 0. The lowest BCUT2D eigenvalue weighted by atomic mass is 9.95. The molecule has 0 N–H and O–H groups in total. The lowest BCUT2D eigenvalue weighted by Gasteiger charge is -2.30. The number of hydrazone groups is 2. The van der Waals surface area contributed by atoms with Crippen LogP contribution < -0.4 is 10.0 Å². The molecule has 2 heterocycles. The minimum absolute atomic E-state index is 0.363. The maximum atomic E-state index is 5.14. The quantitative estimate of drug-likeness (QED) is 0.104. The van der Waals surface area contributed by atoms with Gasteiger partial charge in [-0.3, -0.25) is 0 Å². The van der Waals surface area contributed by atoms with Crippen molar-refractivity contribution >= 4 is 65.8 Å². The Morgan fingerprint density at radius 3 is 2.19 bits per heavy atom. The summed E-state index contributed by atoms with van der Waals surface area (Å²) in [6.45, 7) is 9.29. The van der Waals surface area contributed by atoms with Gasteiger partial charge < -0.3 is 0 Å². The van der Waals surface area contributed by atoms with Gasteiger partial charge in [-0.25, -0.2) is 20.0 Å². The van der Waals surface area contributed by atoms with Gasteiger partial charge in [0, 0.05) is 0 Å². The minimum Gasteiger partial charge on any atom is -0.236 e. The fraction of sp³-hybridized carbons (Fsp3) is 0.244. The van der Waals surface area contributed by atoms with E-state index in [0.29, 0.717) is 12.6 Å². The van der Waals surface area contributed by atoms with Crippen LogP contribution in [0.2, 0.25) is 0 Å². The maximum absolute atomic E-state index is 5.14. The van der Waals surface area contributed by atoms with Gasteiger partial charge in [-0.05, 0) is 115 Å². The molecule has 0 atom stereocenters. The fourth-order valence-electron chi connectivity index (χ4n) is 7.13. The number of aromatic nitrogens is 2. The van der Waals surface area contributed by atoms with Crippen LogP contribution in [0.25, 0.3) is 31.6 Å². The van der Waals surface area contributed by atoms with E-state index >= 15 is 0 Å². The molecule has 5 aromatic carbocycles. The number of rotatable bonds is 10. The normalized spacial score (nSPS) is 13.9. The zero-order valence-electron chi connectivity index (χ0n) is 30.8. The Morgan fingerprint density at radius 1 is 0.642 bits per heavy atom. The summed E-state index contributed by atoms with van der Waals surface area (Å²) in [5, 5.41) is 16.2. The summed E-state index contributed by atoms with van der Waals surface area (Å²) in [6.07, 6.45) is 10.1. The summed E-state index contributed by atoms with van der Waals surface area (Å²) in [5.41, 5.74) is 12.7. The summed E-state index contributed by atoms with van der Waals surface area (Å²) >= 11 is 3.41. The number of hydrogen-bond acceptors (Lipinski definition) is 8. The van der Waals surface area contributed by atoms with Gasteiger partial charge in [-0.15, -0.1) is 0 Å². The number of fused-ring (bicyclic) bond motifs is 2. The summed E-state index contributed by atoms with van der Waals surface area (Å²) in [7, 11) is 0. The Kier molecular flexibility index (Phi) is 10.2. The van der Waals surface area contributed by atoms with Crippen LogP contribution in [0.1, 0.15) is 71.0 Å². The van der Waals surface area contributed by atoms with E-state index < -0.39 is 0 Å². The number of hydrogen-bond donors (Lipinski definition) is 0. The van der Waals surface area contributed by atoms with Crippen molar-refractivity contribution in [3.63, 3.8) is 0 Å². The number of nitrogens with zero attached hydrogens (tertiary/aromatic N) is 6. The molecular weight excluding hydrogens is 689 g/mol. The van der Waals surface area contributed by atoms with Gasteiger partial charge in [0.25, 0.3) is 0 Å². The van der Waals surface area contributed by atoms with Gasteiger partial charge in [0.15, 0.2) is 0 Å². The third-order valence-corrected chi connectivity index (χ3v) is 12.2. The predicted octanol–water partition coefficient (Wildman–Crippen LogP) is 12.0. The van der Waals surface area contributed by atoms with Gasteiger partial charge in [0.1, 0.15) is 0 Å². The lowest BCUT2D eigenvalue weighted by Crippen LogP contribution is -2.32. The molecule has 0 radical (unpaired) electrons. The smallest absolute Gasteiger partial charge is 0.207 e. The van der Waals surface area contributed by atoms with Crippen molar-refractivity contribution in [2.45, 2.75) is 72.4 Å². The maximum Gasteiger partial charge on any atom is 0.207 e. The second kappa shape index (κ2) is 15.4. The molecule has 0 unspecified atom stereocenters. The first-order chi connectivity index (χ1) is 25.9. The molecule has 53 heavy (non-hydrogen) atoms. The first kappa shape index (κ1) is 34.9. The zero-order valence-corrected chi connectivity index (χ0v) is 32.4. The van der Waals surface area contributed by atoms with Gasteiger partial charge >= 0.3 is 0 Å². The van der Waals surface area contributed by atoms with Crippen LogP contribution >= 0.6 is 22.7 Å². The number of benzene rings is 5. The third kappa shape index (κ3) is 7.80. The fourth-order valence-corrected chi connectivity index (χ4v) is 9.09. The van der Waals surface area contributed by atoms with E-state index in [2.05, 4.69) is 124 Å². The monoisotopic (exact) mass is 732 g/mol. The molecule has 266 valence electrons. The average molecular weight is 733 g/mol. The van der Waals surface area contributed by atoms with E-state index in [9.17, 15) is 0 Å². The number of aryl methyl sites for hydroxylation is 4. The largest absolute Gasteiger partial charge is 0.236 e. The average Bonchev–Trinajstić information content (AvgIpc) is 3.81. The number of para-hydroxylation sites is 1. The van der Waals surface area contributed by atoms with E-state index in [-0.39, 0.29) is 0 Å². The van der Waals surface area contributed by atoms with Crippen molar-refractivity contribution in [1.82, 2.24) is 9.97 Å². The molecule has 1 fully saturated rings. The molecule has 7 aromatic rings. The van der Waals surface area contributed by atoms with Gasteiger partial charge in [0.05, 0.1) is 45.4 Å². The third-order valence-electron chi connectivity index (χ3n) is 10.2. The lowest BCUT2D eigenvalue weighted by molar-refractivity contribution is 0.419. The highest BCUT2D eigenvalue weighted by atomic mass is 32.1. The highest BCUT2D eigenvalue weighted by molar-refractivity contribution is 7.22. The van der Waals surface area contributed by atoms with Crippen LogP contribution in [0.3, 0.4) is 0 Å². The van der Waals surface area contributed by atoms with Crippen LogP contribution in [0.4, 0.5) is 10.3 Å². The van der Waals surface area contributed by atoms with Crippen molar-refractivity contribution in [1.29, 1.82) is 0 Å². The van der Waals surface area contributed by atoms with Crippen LogP contribution in [0.5, 0.6) is 0 Å². The molecule has 8 rings (SSSR count). The minimum atomic E-state index is 0.363. The van der Waals surface area contributed by atoms with Crippen molar-refractivity contribution in [3.05, 3.63) is 142 Å². The zero-order chi connectivity index (χ0) is 36.3. The molecule has 1 saturated carbocycles. The topological polar surface area (TPSA) is 57.0 Å². The van der Waals surface area contributed by atoms with Crippen molar-refractivity contribution in [3.8, 4) is 11.1 Å². The van der Waals surface area contributed by atoms with E-state index in [1.165, 1.54) is 62.9 Å². The molecule has 0 bridgehead atoms. The molecule has 0 aliphatic heterocycles. The Labute approximate surface area is 320 Å². The SMILES string of the molecule is Cc1ccc(C)c(/C=N/N(c2nc3ccc(-c4cc(C)c(/C=N/N(Cc5ccccc5)c5nc6ccccc6s5)cc4C)cc3s2)C2CCCCC2)c1. The van der Waals surface area contributed by atoms with Crippen molar-refractivity contribution < 1.29 is 0 Å². The van der Waals surface area contributed by atoms with Crippen molar-refractivity contribution in [2.75, 3.05) is 10.0 Å². The van der Waals surface area contributed by atoms with Crippen LogP contribution in [0, 0.1) is 27.7 Å². The van der Waals surface area contributed by atoms with Crippen molar-refractivity contribution in [2.24, 2.45) is 10.2 Å². The molecule has 8 heteroatoms. The Bertz CT molecular complexity index is 2400. The highest BCUT2D eigenvalue weighted by Gasteiger charge is 2.24. The molecule has 0 saturated heterocycles. The second-order valence-electron chi connectivity index (χ2n) is 14.2. The van der Waals surface area contributed by atoms with Crippen LogP contribution in [0.15, 0.2) is 113 Å². The number of anilines is 2.